The molecule has 1 saturated carbocycles. The number of benzene rings is 1. The molecule has 140 valence electrons. The Morgan fingerprint density at radius 2 is 2.04 bits per heavy atom. The summed E-state index contributed by atoms with van der Waals surface area (Å²) in [6.45, 7) is 2.21. The molecule has 0 bridgehead atoms. The van der Waals surface area contributed by atoms with Gasteiger partial charge in [0.1, 0.15) is 5.75 Å². The number of unbranched alkanes of at least 4 members (excludes halogenated alkanes) is 3. The number of methoxy groups -OCH3 is 1. The van der Waals surface area contributed by atoms with Gasteiger partial charge >= 0.3 is 0 Å². The zero-order valence-electron chi connectivity index (χ0n) is 15.8. The van der Waals surface area contributed by atoms with E-state index >= 15 is 0 Å². The molecular weight excluding hydrogens is 312 g/mol. The van der Waals surface area contributed by atoms with Crippen molar-refractivity contribution in [2.75, 3.05) is 7.11 Å². The normalized spacial score (nSPS) is 29.1. The van der Waals surface area contributed by atoms with Gasteiger partial charge in [-0.3, -0.25) is 0 Å². The molecule has 0 aliphatic heterocycles. The van der Waals surface area contributed by atoms with Crippen LogP contribution in [0, 0.1) is 17.8 Å². The number of aliphatic hydroxyl groups is 2. The summed E-state index contributed by atoms with van der Waals surface area (Å²) in [7, 11) is 1.74. The molecule has 5 atom stereocenters. The van der Waals surface area contributed by atoms with Gasteiger partial charge < -0.3 is 14.9 Å². The molecule has 0 radical (unpaired) electrons. The minimum Gasteiger partial charge on any atom is -0.496 e. The molecule has 1 aromatic carbocycles. The van der Waals surface area contributed by atoms with Gasteiger partial charge in [0.05, 0.1) is 19.3 Å². The van der Waals surface area contributed by atoms with Crippen molar-refractivity contribution in [2.45, 2.75) is 76.9 Å². The van der Waals surface area contributed by atoms with Gasteiger partial charge in [-0.2, -0.15) is 0 Å². The fourth-order valence-electron chi connectivity index (χ4n) is 5.16. The molecule has 1 aromatic rings. The van der Waals surface area contributed by atoms with E-state index in [4.69, 9.17) is 4.74 Å². The standard InChI is InChI=1S/C22H34O3/c1-3-4-5-6-9-17(23)14-20-18-11-15-8-7-10-22(25-2)19(15)12-16(18)13-21(20)24/h7-8,10,16-18,20-21,23-24H,3-6,9,11-14H2,1-2H3/t16-,17?,18-,20+,21+/m0/s1. The van der Waals surface area contributed by atoms with Crippen LogP contribution in [0.5, 0.6) is 5.75 Å². The Morgan fingerprint density at radius 1 is 1.20 bits per heavy atom. The van der Waals surface area contributed by atoms with Crippen LogP contribution in [-0.2, 0) is 12.8 Å². The van der Waals surface area contributed by atoms with Gasteiger partial charge in [-0.05, 0) is 67.1 Å². The molecule has 1 unspecified atom stereocenters. The van der Waals surface area contributed by atoms with Crippen LogP contribution < -0.4 is 4.74 Å². The lowest BCUT2D eigenvalue weighted by Gasteiger charge is -2.33. The lowest BCUT2D eigenvalue weighted by atomic mass is 9.73. The van der Waals surface area contributed by atoms with E-state index in [0.717, 1.165) is 44.3 Å². The predicted molar refractivity (Wildman–Crippen MR) is 101 cm³/mol. The average molecular weight is 347 g/mol. The second-order valence-electron chi connectivity index (χ2n) is 8.14. The zero-order valence-corrected chi connectivity index (χ0v) is 15.8. The number of fused-ring (bicyclic) bond motifs is 2. The SMILES string of the molecule is CCCCCCC(O)C[C@@H]1[C@H]2Cc3cccc(OC)c3C[C@H]2C[C@H]1O. The predicted octanol–water partition coefficient (Wildman–Crippen LogP) is 4.13. The minimum absolute atomic E-state index is 0.241. The molecule has 0 spiro atoms. The third-order valence-corrected chi connectivity index (χ3v) is 6.50. The topological polar surface area (TPSA) is 49.7 Å². The molecular formula is C22H34O3. The number of rotatable bonds is 8. The van der Waals surface area contributed by atoms with Crippen LogP contribution in [-0.4, -0.2) is 29.5 Å². The van der Waals surface area contributed by atoms with Crippen LogP contribution in [0.2, 0.25) is 0 Å². The molecule has 2 aliphatic rings. The van der Waals surface area contributed by atoms with Crippen molar-refractivity contribution in [1.82, 2.24) is 0 Å². The van der Waals surface area contributed by atoms with E-state index in [1.807, 2.05) is 6.07 Å². The van der Waals surface area contributed by atoms with Gasteiger partial charge in [0.25, 0.3) is 0 Å². The third kappa shape index (κ3) is 4.20. The van der Waals surface area contributed by atoms with Gasteiger partial charge in [-0.15, -0.1) is 0 Å². The van der Waals surface area contributed by atoms with Crippen molar-refractivity contribution < 1.29 is 14.9 Å². The van der Waals surface area contributed by atoms with Gasteiger partial charge in [0.2, 0.25) is 0 Å². The largest absolute Gasteiger partial charge is 0.496 e. The lowest BCUT2D eigenvalue weighted by Crippen LogP contribution is -2.29. The maximum absolute atomic E-state index is 10.6. The van der Waals surface area contributed by atoms with Crippen molar-refractivity contribution in [3.63, 3.8) is 0 Å². The van der Waals surface area contributed by atoms with Crippen molar-refractivity contribution >= 4 is 0 Å². The van der Waals surface area contributed by atoms with E-state index in [1.165, 1.54) is 30.4 Å². The lowest BCUT2D eigenvalue weighted by molar-refractivity contribution is 0.0586. The van der Waals surface area contributed by atoms with Crippen LogP contribution in [0.3, 0.4) is 0 Å². The molecule has 0 saturated heterocycles. The second kappa shape index (κ2) is 8.55. The summed E-state index contributed by atoms with van der Waals surface area (Å²) in [4.78, 5) is 0. The zero-order chi connectivity index (χ0) is 17.8. The van der Waals surface area contributed by atoms with Crippen molar-refractivity contribution in [3.05, 3.63) is 29.3 Å². The van der Waals surface area contributed by atoms with E-state index in [-0.39, 0.29) is 18.1 Å². The summed E-state index contributed by atoms with van der Waals surface area (Å²) in [5, 5.41) is 21.1. The van der Waals surface area contributed by atoms with Gasteiger partial charge in [0.15, 0.2) is 0 Å². The second-order valence-corrected chi connectivity index (χ2v) is 8.14. The summed E-state index contributed by atoms with van der Waals surface area (Å²) in [5.41, 5.74) is 2.70. The smallest absolute Gasteiger partial charge is 0.122 e. The Morgan fingerprint density at radius 3 is 2.80 bits per heavy atom. The molecule has 0 amide bonds. The number of hydrogen-bond acceptors (Lipinski definition) is 3. The van der Waals surface area contributed by atoms with E-state index in [9.17, 15) is 10.2 Å². The average Bonchev–Trinajstić information content (AvgIpc) is 2.91. The van der Waals surface area contributed by atoms with E-state index in [0.29, 0.717) is 11.8 Å². The fraction of sp³-hybridized carbons (Fsp3) is 0.727. The van der Waals surface area contributed by atoms with Crippen LogP contribution in [0.1, 0.15) is 63.0 Å². The summed E-state index contributed by atoms with van der Waals surface area (Å²) >= 11 is 0. The van der Waals surface area contributed by atoms with Crippen molar-refractivity contribution in [2.24, 2.45) is 17.8 Å². The Kier molecular flexibility index (Phi) is 6.40. The highest BCUT2D eigenvalue weighted by Crippen LogP contribution is 2.48. The fourth-order valence-corrected chi connectivity index (χ4v) is 5.16. The first-order valence-corrected chi connectivity index (χ1v) is 10.1. The molecule has 0 aromatic heterocycles. The van der Waals surface area contributed by atoms with Crippen molar-refractivity contribution in [1.29, 1.82) is 0 Å². The third-order valence-electron chi connectivity index (χ3n) is 6.50. The molecule has 3 heteroatoms. The number of aliphatic hydroxyl groups excluding tert-OH is 2. The first-order chi connectivity index (χ1) is 12.1. The Balaban J connectivity index is 1.63. The van der Waals surface area contributed by atoms with Crippen LogP contribution >= 0.6 is 0 Å². The first-order valence-electron chi connectivity index (χ1n) is 10.1. The van der Waals surface area contributed by atoms with E-state index < -0.39 is 0 Å². The maximum atomic E-state index is 10.6. The maximum Gasteiger partial charge on any atom is 0.122 e. The van der Waals surface area contributed by atoms with Crippen molar-refractivity contribution in [3.8, 4) is 5.75 Å². The highest BCUT2D eigenvalue weighted by Gasteiger charge is 2.45. The quantitative estimate of drug-likeness (QED) is 0.696. The number of hydrogen-bond donors (Lipinski definition) is 2. The highest BCUT2D eigenvalue weighted by atomic mass is 16.5. The molecule has 25 heavy (non-hydrogen) atoms. The summed E-state index contributed by atoms with van der Waals surface area (Å²) in [5.74, 6) is 2.26. The molecule has 1 fully saturated rings. The Bertz CT molecular complexity index is 556. The van der Waals surface area contributed by atoms with Crippen LogP contribution in [0.4, 0.5) is 0 Å². The van der Waals surface area contributed by atoms with Gasteiger partial charge in [-0.25, -0.2) is 0 Å². The summed E-state index contributed by atoms with van der Waals surface area (Å²) < 4.78 is 5.54. The van der Waals surface area contributed by atoms with Gasteiger partial charge in [-0.1, -0.05) is 44.7 Å². The van der Waals surface area contributed by atoms with E-state index in [1.54, 1.807) is 7.11 Å². The summed E-state index contributed by atoms with van der Waals surface area (Å²) in [6.07, 6.45) is 8.79. The Hall–Kier alpha value is -1.06. The first kappa shape index (κ1) is 18.7. The summed E-state index contributed by atoms with van der Waals surface area (Å²) in [6, 6.07) is 6.32. The molecule has 3 nitrogen and oxygen atoms in total. The molecule has 2 N–H and O–H groups in total. The minimum atomic E-state index is -0.263. The van der Waals surface area contributed by atoms with Gasteiger partial charge in [0, 0.05) is 0 Å². The Labute approximate surface area is 152 Å². The molecule has 0 heterocycles. The van der Waals surface area contributed by atoms with Crippen LogP contribution in [0.15, 0.2) is 18.2 Å². The number of ether oxygens (including phenoxy) is 1. The highest BCUT2D eigenvalue weighted by molar-refractivity contribution is 5.43. The van der Waals surface area contributed by atoms with E-state index in [2.05, 4.69) is 19.1 Å². The molecule has 3 rings (SSSR count). The molecule has 2 aliphatic carbocycles. The monoisotopic (exact) mass is 346 g/mol. The van der Waals surface area contributed by atoms with Crippen LogP contribution in [0.25, 0.3) is 0 Å².